The first-order valence-corrected chi connectivity index (χ1v) is 8.66. The van der Waals surface area contributed by atoms with Crippen molar-refractivity contribution >= 4 is 5.96 Å². The molecule has 1 aliphatic rings. The summed E-state index contributed by atoms with van der Waals surface area (Å²) >= 11 is 0. The molecule has 128 valence electrons. The van der Waals surface area contributed by atoms with E-state index < -0.39 is 0 Å². The minimum absolute atomic E-state index is 0.213. The van der Waals surface area contributed by atoms with E-state index in [0.717, 1.165) is 37.1 Å². The third kappa shape index (κ3) is 6.57. The molecule has 0 atom stereocenters. The lowest BCUT2D eigenvalue weighted by Crippen LogP contribution is -2.43. The molecule has 1 saturated heterocycles. The van der Waals surface area contributed by atoms with E-state index >= 15 is 0 Å². The molecule has 0 aromatic heterocycles. The van der Waals surface area contributed by atoms with Crippen molar-refractivity contribution in [2.45, 2.75) is 33.2 Å². The number of piperidine rings is 1. The van der Waals surface area contributed by atoms with Crippen LogP contribution in [0.2, 0.25) is 0 Å². The van der Waals surface area contributed by atoms with E-state index in [1.165, 1.54) is 38.1 Å². The fourth-order valence-electron chi connectivity index (χ4n) is 2.77. The fraction of sp³-hybridized carbons (Fsp3) is 0.611. The summed E-state index contributed by atoms with van der Waals surface area (Å²) in [5.74, 6) is 1.45. The Morgan fingerprint density at radius 3 is 2.78 bits per heavy atom. The van der Waals surface area contributed by atoms with Gasteiger partial charge in [-0.15, -0.1) is 0 Å². The molecule has 4 nitrogen and oxygen atoms in total. The molecule has 1 aliphatic heterocycles. The Balaban J connectivity index is 1.77. The Labute approximate surface area is 139 Å². The number of halogens is 1. The zero-order chi connectivity index (χ0) is 16.5. The highest BCUT2D eigenvalue weighted by molar-refractivity contribution is 5.79. The minimum Gasteiger partial charge on any atom is -0.357 e. The normalized spacial score (nSPS) is 17.3. The van der Waals surface area contributed by atoms with Crippen LogP contribution in [0.15, 0.2) is 29.3 Å². The van der Waals surface area contributed by atoms with Crippen molar-refractivity contribution in [2.75, 3.05) is 32.7 Å². The van der Waals surface area contributed by atoms with Crippen LogP contribution in [0, 0.1) is 11.7 Å². The molecule has 23 heavy (non-hydrogen) atoms. The molecule has 0 unspecified atom stereocenters. The average molecular weight is 320 g/mol. The van der Waals surface area contributed by atoms with Gasteiger partial charge in [-0.05, 0) is 56.5 Å². The summed E-state index contributed by atoms with van der Waals surface area (Å²) in [6.07, 6.45) is 2.60. The van der Waals surface area contributed by atoms with E-state index in [9.17, 15) is 4.39 Å². The lowest BCUT2D eigenvalue weighted by Gasteiger charge is -2.30. The summed E-state index contributed by atoms with van der Waals surface area (Å²) in [5.41, 5.74) is 0.882. The number of hydrogen-bond acceptors (Lipinski definition) is 2. The molecule has 2 N–H and O–H groups in total. The van der Waals surface area contributed by atoms with Crippen molar-refractivity contribution in [3.63, 3.8) is 0 Å². The number of nitrogens with zero attached hydrogens (tertiary/aromatic N) is 2. The second kappa shape index (κ2) is 9.50. The number of benzene rings is 1. The van der Waals surface area contributed by atoms with Crippen LogP contribution in [0.25, 0.3) is 0 Å². The number of hydrogen-bond donors (Lipinski definition) is 2. The Morgan fingerprint density at radius 1 is 1.30 bits per heavy atom. The molecule has 1 heterocycles. The molecule has 1 aromatic carbocycles. The molecule has 0 radical (unpaired) electrons. The lowest BCUT2D eigenvalue weighted by atomic mass is 9.99. The zero-order valence-electron chi connectivity index (χ0n) is 14.3. The highest BCUT2D eigenvalue weighted by Crippen LogP contribution is 2.15. The van der Waals surface area contributed by atoms with Gasteiger partial charge in [0.2, 0.25) is 0 Å². The monoisotopic (exact) mass is 320 g/mol. The van der Waals surface area contributed by atoms with Gasteiger partial charge in [-0.1, -0.05) is 19.1 Å². The first-order valence-electron chi connectivity index (χ1n) is 8.66. The molecular weight excluding hydrogens is 291 g/mol. The van der Waals surface area contributed by atoms with Crippen LogP contribution >= 0.6 is 0 Å². The van der Waals surface area contributed by atoms with Gasteiger partial charge in [0, 0.05) is 19.6 Å². The zero-order valence-corrected chi connectivity index (χ0v) is 14.3. The Bertz CT molecular complexity index is 496. The summed E-state index contributed by atoms with van der Waals surface area (Å²) < 4.78 is 13.2. The van der Waals surface area contributed by atoms with Crippen molar-refractivity contribution in [1.82, 2.24) is 15.5 Å². The van der Waals surface area contributed by atoms with Crippen LogP contribution in [0.5, 0.6) is 0 Å². The summed E-state index contributed by atoms with van der Waals surface area (Å²) in [6, 6.07) is 6.60. The maximum atomic E-state index is 13.2. The topological polar surface area (TPSA) is 39.7 Å². The Morgan fingerprint density at radius 2 is 2.09 bits per heavy atom. The second-order valence-corrected chi connectivity index (χ2v) is 6.28. The van der Waals surface area contributed by atoms with Crippen molar-refractivity contribution in [1.29, 1.82) is 0 Å². The van der Waals surface area contributed by atoms with Crippen molar-refractivity contribution < 1.29 is 4.39 Å². The van der Waals surface area contributed by atoms with E-state index in [1.807, 2.05) is 13.0 Å². The third-order valence-corrected chi connectivity index (χ3v) is 4.25. The maximum absolute atomic E-state index is 13.2. The molecule has 1 fully saturated rings. The van der Waals surface area contributed by atoms with Crippen molar-refractivity contribution in [3.8, 4) is 0 Å². The van der Waals surface area contributed by atoms with Gasteiger partial charge >= 0.3 is 0 Å². The number of likely N-dealkylation sites (tertiary alicyclic amines) is 1. The quantitative estimate of drug-likeness (QED) is 0.625. The van der Waals surface area contributed by atoms with Crippen LogP contribution in [0.1, 0.15) is 32.3 Å². The standard InChI is InChI=1S/C18H29FN4/c1-3-20-18(22-14-16-5-4-6-17(19)13-16)21-9-12-23-10-7-15(2)8-11-23/h4-6,13,15H,3,7-12,14H2,1-2H3,(H2,20,21,22). The van der Waals surface area contributed by atoms with Gasteiger partial charge in [0.15, 0.2) is 5.96 Å². The average Bonchev–Trinajstić information content (AvgIpc) is 2.54. The molecule has 1 aromatic rings. The largest absolute Gasteiger partial charge is 0.357 e. The molecule has 5 heteroatoms. The Hall–Kier alpha value is -1.62. The summed E-state index contributed by atoms with van der Waals surface area (Å²) in [7, 11) is 0. The lowest BCUT2D eigenvalue weighted by molar-refractivity contribution is 0.195. The van der Waals surface area contributed by atoms with Crippen LogP contribution in [0.3, 0.4) is 0 Å². The van der Waals surface area contributed by atoms with Gasteiger partial charge in [-0.2, -0.15) is 0 Å². The molecular formula is C18H29FN4. The summed E-state index contributed by atoms with van der Waals surface area (Å²) in [5, 5.41) is 6.61. The third-order valence-electron chi connectivity index (χ3n) is 4.25. The van der Waals surface area contributed by atoms with Gasteiger partial charge in [-0.25, -0.2) is 9.38 Å². The molecule has 0 bridgehead atoms. The fourth-order valence-corrected chi connectivity index (χ4v) is 2.77. The van der Waals surface area contributed by atoms with Crippen LogP contribution in [0.4, 0.5) is 4.39 Å². The van der Waals surface area contributed by atoms with Crippen LogP contribution < -0.4 is 10.6 Å². The van der Waals surface area contributed by atoms with Gasteiger partial charge in [-0.3, -0.25) is 0 Å². The maximum Gasteiger partial charge on any atom is 0.191 e. The molecule has 0 amide bonds. The first-order chi connectivity index (χ1) is 11.2. The molecule has 0 aliphatic carbocycles. The summed E-state index contributed by atoms with van der Waals surface area (Å²) in [6.45, 7) is 9.98. The number of guanidine groups is 1. The minimum atomic E-state index is -0.213. The van der Waals surface area contributed by atoms with Crippen LogP contribution in [-0.4, -0.2) is 43.6 Å². The van der Waals surface area contributed by atoms with Gasteiger partial charge in [0.05, 0.1) is 6.54 Å². The van der Waals surface area contributed by atoms with Gasteiger partial charge < -0.3 is 15.5 Å². The van der Waals surface area contributed by atoms with Crippen molar-refractivity contribution in [2.24, 2.45) is 10.9 Å². The first kappa shape index (κ1) is 17.7. The smallest absolute Gasteiger partial charge is 0.191 e. The molecule has 2 rings (SSSR count). The summed E-state index contributed by atoms with van der Waals surface area (Å²) in [4.78, 5) is 7.03. The predicted molar refractivity (Wildman–Crippen MR) is 94.1 cm³/mol. The van der Waals surface area contributed by atoms with Gasteiger partial charge in [0.25, 0.3) is 0 Å². The van der Waals surface area contributed by atoms with Crippen LogP contribution in [-0.2, 0) is 6.54 Å². The molecule has 0 saturated carbocycles. The second-order valence-electron chi connectivity index (χ2n) is 6.28. The van der Waals surface area contributed by atoms with Gasteiger partial charge in [0.1, 0.15) is 5.82 Å². The van der Waals surface area contributed by atoms with E-state index in [1.54, 1.807) is 6.07 Å². The highest BCUT2D eigenvalue weighted by Gasteiger charge is 2.14. The number of nitrogens with one attached hydrogen (secondary N) is 2. The Kier molecular flexibility index (Phi) is 7.33. The van der Waals surface area contributed by atoms with E-state index in [0.29, 0.717) is 6.54 Å². The number of rotatable bonds is 6. The van der Waals surface area contributed by atoms with E-state index in [-0.39, 0.29) is 5.82 Å². The highest BCUT2D eigenvalue weighted by atomic mass is 19.1. The van der Waals surface area contributed by atoms with E-state index in [2.05, 4.69) is 27.4 Å². The SMILES string of the molecule is CCNC(=NCc1cccc(F)c1)NCCN1CCC(C)CC1. The van der Waals surface area contributed by atoms with Crippen molar-refractivity contribution in [3.05, 3.63) is 35.6 Å². The van der Waals surface area contributed by atoms with E-state index in [4.69, 9.17) is 0 Å². The predicted octanol–water partition coefficient (Wildman–Crippen LogP) is 2.61. The number of aliphatic imine (C=N–C) groups is 1. The molecule has 0 spiro atoms.